The maximum Gasteiger partial charge on any atom is 0.411 e. The predicted molar refractivity (Wildman–Crippen MR) is 80.0 cm³/mol. The number of amides is 1. The summed E-state index contributed by atoms with van der Waals surface area (Å²) in [5.41, 5.74) is 7.14. The van der Waals surface area contributed by atoms with Gasteiger partial charge in [0.2, 0.25) is 0 Å². The normalized spacial score (nSPS) is 11.6. The molecular formula is C15H22N2O4. The number of unbranched alkanes of at least 4 members (excludes halogenated alkanes) is 1. The average Bonchev–Trinajstić information content (AvgIpc) is 2.47. The van der Waals surface area contributed by atoms with Crippen molar-refractivity contribution < 1.29 is 19.1 Å². The van der Waals surface area contributed by atoms with E-state index in [-0.39, 0.29) is 0 Å². The van der Waals surface area contributed by atoms with Crippen LogP contribution < -0.4 is 11.1 Å². The first-order valence-electron chi connectivity index (χ1n) is 6.93. The Bertz CT molecular complexity index is 476. The zero-order valence-electron chi connectivity index (χ0n) is 12.4. The largest absolute Gasteiger partial charge is 0.468 e. The Morgan fingerprint density at radius 2 is 2.14 bits per heavy atom. The molecule has 1 atom stereocenters. The van der Waals surface area contributed by atoms with Gasteiger partial charge in [-0.1, -0.05) is 25.5 Å². The second-order valence-corrected chi connectivity index (χ2v) is 4.65. The van der Waals surface area contributed by atoms with Gasteiger partial charge in [0.05, 0.1) is 13.7 Å². The Morgan fingerprint density at radius 3 is 2.81 bits per heavy atom. The second-order valence-electron chi connectivity index (χ2n) is 4.65. The minimum atomic E-state index is -0.721. The summed E-state index contributed by atoms with van der Waals surface area (Å²) in [5.74, 6) is -0.465. The molecule has 0 aromatic heterocycles. The molecule has 0 saturated heterocycles. The average molecular weight is 294 g/mol. The highest BCUT2D eigenvalue weighted by molar-refractivity contribution is 5.84. The molecule has 0 fully saturated rings. The third-order valence-electron chi connectivity index (χ3n) is 2.86. The molecule has 1 amide bonds. The third kappa shape index (κ3) is 6.27. The Hall–Kier alpha value is -2.08. The lowest BCUT2D eigenvalue weighted by Crippen LogP contribution is -2.33. The number of carbonyl (C=O) groups is 2. The van der Waals surface area contributed by atoms with Gasteiger partial charge in [0, 0.05) is 5.69 Å². The Kier molecular flexibility index (Phi) is 7.25. The highest BCUT2D eigenvalue weighted by Crippen LogP contribution is 2.13. The van der Waals surface area contributed by atoms with Crippen LogP contribution >= 0.6 is 0 Å². The van der Waals surface area contributed by atoms with Crippen LogP contribution in [0.25, 0.3) is 0 Å². The van der Waals surface area contributed by atoms with Crippen molar-refractivity contribution >= 4 is 17.7 Å². The van der Waals surface area contributed by atoms with E-state index >= 15 is 0 Å². The van der Waals surface area contributed by atoms with Gasteiger partial charge in [-0.15, -0.1) is 0 Å². The summed E-state index contributed by atoms with van der Waals surface area (Å²) < 4.78 is 9.59. The number of nitrogens with two attached hydrogens (primary N) is 1. The first kappa shape index (κ1) is 17.0. The highest BCUT2D eigenvalue weighted by Gasteiger charge is 2.14. The fourth-order valence-electron chi connectivity index (χ4n) is 1.73. The number of benzene rings is 1. The molecule has 0 bridgehead atoms. The molecule has 21 heavy (non-hydrogen) atoms. The molecular weight excluding hydrogens is 272 g/mol. The summed E-state index contributed by atoms with van der Waals surface area (Å²) in [4.78, 5) is 22.8. The molecule has 0 heterocycles. The maximum atomic E-state index is 11.5. The molecule has 0 spiro atoms. The molecule has 6 nitrogen and oxygen atoms in total. The third-order valence-corrected chi connectivity index (χ3v) is 2.86. The topological polar surface area (TPSA) is 90.6 Å². The molecule has 0 unspecified atom stereocenters. The van der Waals surface area contributed by atoms with E-state index in [0.717, 1.165) is 18.4 Å². The molecule has 6 heteroatoms. The highest BCUT2D eigenvalue weighted by atomic mass is 16.5. The van der Waals surface area contributed by atoms with Gasteiger partial charge in [-0.05, 0) is 30.5 Å². The van der Waals surface area contributed by atoms with Crippen LogP contribution in [0.4, 0.5) is 10.5 Å². The van der Waals surface area contributed by atoms with Crippen molar-refractivity contribution in [3.05, 3.63) is 29.8 Å². The Balaban J connectivity index is 2.55. The van der Waals surface area contributed by atoms with Crippen LogP contribution in [0, 0.1) is 0 Å². The molecule has 3 N–H and O–H groups in total. The lowest BCUT2D eigenvalue weighted by molar-refractivity contribution is -0.142. The summed E-state index contributed by atoms with van der Waals surface area (Å²) in [6.07, 6.45) is 1.65. The molecule has 1 rings (SSSR count). The first-order valence-corrected chi connectivity index (χ1v) is 6.93. The van der Waals surface area contributed by atoms with E-state index in [1.165, 1.54) is 7.11 Å². The van der Waals surface area contributed by atoms with Crippen molar-refractivity contribution in [2.24, 2.45) is 5.73 Å². The number of rotatable bonds is 7. The first-order chi connectivity index (χ1) is 10.1. The van der Waals surface area contributed by atoms with E-state index < -0.39 is 18.1 Å². The van der Waals surface area contributed by atoms with Crippen molar-refractivity contribution in [3.8, 4) is 0 Å². The number of methoxy groups -OCH3 is 1. The van der Waals surface area contributed by atoms with Crippen LogP contribution in [0.5, 0.6) is 0 Å². The molecule has 0 aliphatic rings. The van der Waals surface area contributed by atoms with Crippen LogP contribution in [0.2, 0.25) is 0 Å². The molecule has 0 aliphatic carbocycles. The lowest BCUT2D eigenvalue weighted by atomic mass is 10.1. The quantitative estimate of drug-likeness (QED) is 0.593. The minimum Gasteiger partial charge on any atom is -0.468 e. The Labute approximate surface area is 124 Å². The van der Waals surface area contributed by atoms with E-state index in [1.807, 2.05) is 13.0 Å². The van der Waals surface area contributed by atoms with Gasteiger partial charge in [-0.3, -0.25) is 10.1 Å². The van der Waals surface area contributed by atoms with Gasteiger partial charge in [-0.25, -0.2) is 4.79 Å². The van der Waals surface area contributed by atoms with Crippen molar-refractivity contribution in [2.75, 3.05) is 19.0 Å². The SMILES string of the molecule is CCCCOC(=O)Nc1cccc(C[C@H](N)C(=O)OC)c1. The van der Waals surface area contributed by atoms with E-state index in [9.17, 15) is 9.59 Å². The molecule has 1 aromatic rings. The number of esters is 1. The summed E-state index contributed by atoms with van der Waals surface area (Å²) in [6, 6.07) is 6.39. The number of anilines is 1. The van der Waals surface area contributed by atoms with Crippen LogP contribution in [0.1, 0.15) is 25.3 Å². The van der Waals surface area contributed by atoms with Crippen molar-refractivity contribution in [3.63, 3.8) is 0 Å². The van der Waals surface area contributed by atoms with E-state index in [2.05, 4.69) is 10.1 Å². The summed E-state index contributed by atoms with van der Waals surface area (Å²) in [7, 11) is 1.30. The van der Waals surface area contributed by atoms with Crippen molar-refractivity contribution in [1.82, 2.24) is 0 Å². The van der Waals surface area contributed by atoms with Crippen molar-refractivity contribution in [2.45, 2.75) is 32.2 Å². The number of ether oxygens (including phenoxy) is 2. The maximum absolute atomic E-state index is 11.5. The molecule has 116 valence electrons. The fraction of sp³-hybridized carbons (Fsp3) is 0.467. The van der Waals surface area contributed by atoms with Gasteiger partial charge in [0.1, 0.15) is 6.04 Å². The monoisotopic (exact) mass is 294 g/mol. The van der Waals surface area contributed by atoms with Crippen molar-refractivity contribution in [1.29, 1.82) is 0 Å². The number of hydrogen-bond donors (Lipinski definition) is 2. The van der Waals surface area contributed by atoms with E-state index in [1.54, 1.807) is 18.2 Å². The second kappa shape index (κ2) is 8.97. The predicted octanol–water partition coefficient (Wildman–Crippen LogP) is 2.08. The molecule has 0 saturated carbocycles. The van der Waals surface area contributed by atoms with Crippen LogP contribution in [-0.4, -0.2) is 31.8 Å². The molecule has 0 radical (unpaired) electrons. The number of nitrogens with one attached hydrogen (secondary N) is 1. The zero-order chi connectivity index (χ0) is 15.7. The van der Waals surface area contributed by atoms with Gasteiger partial charge < -0.3 is 15.2 Å². The molecule has 1 aromatic carbocycles. The number of carbonyl (C=O) groups excluding carboxylic acids is 2. The van der Waals surface area contributed by atoms with E-state index in [4.69, 9.17) is 10.5 Å². The van der Waals surface area contributed by atoms with Crippen LogP contribution in [0.3, 0.4) is 0 Å². The lowest BCUT2D eigenvalue weighted by Gasteiger charge is -2.11. The van der Waals surface area contributed by atoms with Crippen LogP contribution in [-0.2, 0) is 20.7 Å². The van der Waals surface area contributed by atoms with Gasteiger partial charge in [0.25, 0.3) is 0 Å². The van der Waals surface area contributed by atoms with Gasteiger partial charge in [0.15, 0.2) is 0 Å². The standard InChI is InChI=1S/C15H22N2O4/c1-3-4-8-21-15(19)17-12-7-5-6-11(9-12)10-13(16)14(18)20-2/h5-7,9,13H,3-4,8,10,16H2,1-2H3,(H,17,19)/t13-/m0/s1. The number of hydrogen-bond acceptors (Lipinski definition) is 5. The summed E-state index contributed by atoms with van der Waals surface area (Å²) >= 11 is 0. The van der Waals surface area contributed by atoms with Gasteiger partial charge >= 0.3 is 12.1 Å². The summed E-state index contributed by atoms with van der Waals surface area (Å²) in [5, 5.41) is 2.64. The van der Waals surface area contributed by atoms with E-state index in [0.29, 0.717) is 18.7 Å². The van der Waals surface area contributed by atoms with Gasteiger partial charge in [-0.2, -0.15) is 0 Å². The fourth-order valence-corrected chi connectivity index (χ4v) is 1.73. The smallest absolute Gasteiger partial charge is 0.411 e. The minimum absolute atomic E-state index is 0.340. The zero-order valence-corrected chi connectivity index (χ0v) is 12.4. The molecule has 0 aliphatic heterocycles. The van der Waals surface area contributed by atoms with Crippen LogP contribution in [0.15, 0.2) is 24.3 Å². The summed E-state index contributed by atoms with van der Waals surface area (Å²) in [6.45, 7) is 2.42. The Morgan fingerprint density at radius 1 is 1.38 bits per heavy atom.